The van der Waals surface area contributed by atoms with Crippen LogP contribution in [0.4, 0.5) is 5.82 Å². The van der Waals surface area contributed by atoms with E-state index in [1.54, 1.807) is 6.20 Å². The van der Waals surface area contributed by atoms with Crippen LogP contribution in [0.25, 0.3) is 0 Å². The van der Waals surface area contributed by atoms with Crippen molar-refractivity contribution in [3.8, 4) is 0 Å². The average Bonchev–Trinajstić information content (AvgIpc) is 2.39. The molecule has 1 aliphatic heterocycles. The molecule has 2 N–H and O–H groups in total. The number of hydrogen-bond acceptors (Lipinski definition) is 4. The van der Waals surface area contributed by atoms with E-state index in [0.29, 0.717) is 11.0 Å². The highest BCUT2D eigenvalue weighted by Gasteiger charge is 2.23. The van der Waals surface area contributed by atoms with Crippen LogP contribution in [0.1, 0.15) is 18.4 Å². The molecule has 0 spiro atoms. The summed E-state index contributed by atoms with van der Waals surface area (Å²) < 4.78 is 0. The van der Waals surface area contributed by atoms with E-state index < -0.39 is 0 Å². The van der Waals surface area contributed by atoms with Crippen LogP contribution in [0.3, 0.4) is 0 Å². The summed E-state index contributed by atoms with van der Waals surface area (Å²) in [5.74, 6) is 0.902. The van der Waals surface area contributed by atoms with E-state index in [-0.39, 0.29) is 0 Å². The van der Waals surface area contributed by atoms with Gasteiger partial charge in [0.05, 0.1) is 5.56 Å². The Morgan fingerprint density at radius 3 is 2.78 bits per heavy atom. The molecule has 2 heterocycles. The SMILES string of the molecule is CN1CCC(N(C)c2ncccc2C(N)=S)CC1. The number of nitrogens with two attached hydrogens (primary N) is 1. The summed E-state index contributed by atoms with van der Waals surface area (Å²) in [5, 5.41) is 0. The molecule has 2 rings (SSSR count). The van der Waals surface area contributed by atoms with Crippen molar-refractivity contribution in [2.45, 2.75) is 18.9 Å². The summed E-state index contributed by atoms with van der Waals surface area (Å²) in [7, 11) is 4.25. The lowest BCUT2D eigenvalue weighted by Crippen LogP contribution is -2.42. The van der Waals surface area contributed by atoms with Crippen molar-refractivity contribution in [3.63, 3.8) is 0 Å². The maximum Gasteiger partial charge on any atom is 0.138 e. The molecule has 1 fully saturated rings. The van der Waals surface area contributed by atoms with Crippen molar-refractivity contribution >= 4 is 23.0 Å². The maximum absolute atomic E-state index is 5.76. The molecule has 0 atom stereocenters. The normalized spacial score (nSPS) is 17.7. The van der Waals surface area contributed by atoms with Crippen molar-refractivity contribution in [1.82, 2.24) is 9.88 Å². The predicted molar refractivity (Wildman–Crippen MR) is 79.0 cm³/mol. The minimum Gasteiger partial charge on any atom is -0.389 e. The fraction of sp³-hybridized carbons (Fsp3) is 0.538. The maximum atomic E-state index is 5.76. The zero-order valence-electron chi connectivity index (χ0n) is 11.0. The van der Waals surface area contributed by atoms with Gasteiger partial charge in [-0.1, -0.05) is 12.2 Å². The summed E-state index contributed by atoms with van der Waals surface area (Å²) in [6.45, 7) is 2.26. The van der Waals surface area contributed by atoms with Crippen molar-refractivity contribution in [1.29, 1.82) is 0 Å². The van der Waals surface area contributed by atoms with Crippen LogP contribution in [0.2, 0.25) is 0 Å². The summed E-state index contributed by atoms with van der Waals surface area (Å²) in [6, 6.07) is 4.33. The number of hydrogen-bond donors (Lipinski definition) is 1. The van der Waals surface area contributed by atoms with E-state index in [1.807, 2.05) is 12.1 Å². The minimum atomic E-state index is 0.415. The van der Waals surface area contributed by atoms with Crippen LogP contribution in [-0.2, 0) is 0 Å². The van der Waals surface area contributed by atoms with E-state index in [2.05, 4.69) is 28.9 Å². The Bertz CT molecular complexity index is 427. The van der Waals surface area contributed by atoms with Crippen LogP contribution in [0, 0.1) is 0 Å². The van der Waals surface area contributed by atoms with Gasteiger partial charge in [-0.3, -0.25) is 0 Å². The van der Waals surface area contributed by atoms with Crippen LogP contribution in [0.5, 0.6) is 0 Å². The fourth-order valence-electron chi connectivity index (χ4n) is 2.43. The van der Waals surface area contributed by atoms with Crippen molar-refractivity contribution in [2.24, 2.45) is 5.73 Å². The van der Waals surface area contributed by atoms with Crippen molar-refractivity contribution in [2.75, 3.05) is 32.1 Å². The summed E-state index contributed by atoms with van der Waals surface area (Å²) in [4.78, 5) is 9.44. The van der Waals surface area contributed by atoms with Gasteiger partial charge >= 0.3 is 0 Å². The molecule has 0 amide bonds. The average molecular weight is 264 g/mol. The monoisotopic (exact) mass is 264 g/mol. The van der Waals surface area contributed by atoms with Gasteiger partial charge in [0, 0.05) is 19.3 Å². The van der Waals surface area contributed by atoms with Gasteiger partial charge in [0.1, 0.15) is 10.8 Å². The van der Waals surface area contributed by atoms with Crippen LogP contribution < -0.4 is 10.6 Å². The second kappa shape index (κ2) is 5.63. The van der Waals surface area contributed by atoms with Gasteiger partial charge in [-0.15, -0.1) is 0 Å². The lowest BCUT2D eigenvalue weighted by molar-refractivity contribution is 0.252. The Kier molecular flexibility index (Phi) is 4.14. The van der Waals surface area contributed by atoms with E-state index in [1.165, 1.54) is 0 Å². The molecule has 5 heteroatoms. The smallest absolute Gasteiger partial charge is 0.138 e. The summed E-state index contributed by atoms with van der Waals surface area (Å²) in [6.07, 6.45) is 4.10. The van der Waals surface area contributed by atoms with Gasteiger partial charge < -0.3 is 15.5 Å². The predicted octanol–water partition coefficient (Wildman–Crippen LogP) is 1.25. The molecule has 98 valence electrons. The molecule has 18 heavy (non-hydrogen) atoms. The molecule has 1 saturated heterocycles. The molecule has 0 aromatic carbocycles. The summed E-state index contributed by atoms with van der Waals surface area (Å²) in [5.41, 5.74) is 6.63. The zero-order chi connectivity index (χ0) is 13.1. The summed E-state index contributed by atoms with van der Waals surface area (Å²) >= 11 is 5.09. The first kappa shape index (κ1) is 13.2. The molecule has 1 aromatic heterocycles. The van der Waals surface area contributed by atoms with E-state index in [0.717, 1.165) is 37.3 Å². The molecule has 1 aromatic rings. The Balaban J connectivity index is 2.18. The van der Waals surface area contributed by atoms with Crippen molar-refractivity contribution < 1.29 is 0 Å². The topological polar surface area (TPSA) is 45.4 Å². The molecule has 0 unspecified atom stereocenters. The highest BCUT2D eigenvalue weighted by atomic mass is 32.1. The molecular formula is C13H20N4S. The highest BCUT2D eigenvalue weighted by molar-refractivity contribution is 7.80. The quantitative estimate of drug-likeness (QED) is 0.832. The van der Waals surface area contributed by atoms with Crippen LogP contribution >= 0.6 is 12.2 Å². The third-order valence-electron chi connectivity index (χ3n) is 3.62. The molecular weight excluding hydrogens is 244 g/mol. The largest absolute Gasteiger partial charge is 0.389 e. The second-order valence-electron chi connectivity index (χ2n) is 4.88. The third-order valence-corrected chi connectivity index (χ3v) is 3.84. The van der Waals surface area contributed by atoms with Gasteiger partial charge in [0.2, 0.25) is 0 Å². The van der Waals surface area contributed by atoms with Crippen LogP contribution in [0.15, 0.2) is 18.3 Å². The number of piperidine rings is 1. The first-order chi connectivity index (χ1) is 8.59. The lowest BCUT2D eigenvalue weighted by atomic mass is 10.0. The number of anilines is 1. The van der Waals surface area contributed by atoms with Gasteiger partial charge in [-0.2, -0.15) is 0 Å². The minimum absolute atomic E-state index is 0.415. The Morgan fingerprint density at radius 2 is 2.17 bits per heavy atom. The first-order valence-corrected chi connectivity index (χ1v) is 6.66. The number of aromatic nitrogens is 1. The Hall–Kier alpha value is -1.20. The van der Waals surface area contributed by atoms with Gasteiger partial charge in [-0.25, -0.2) is 4.98 Å². The molecule has 0 bridgehead atoms. The molecule has 1 aliphatic rings. The number of likely N-dealkylation sites (tertiary alicyclic amines) is 1. The number of thiocarbonyl (C=S) groups is 1. The van der Waals surface area contributed by atoms with Gasteiger partial charge in [0.15, 0.2) is 0 Å². The second-order valence-corrected chi connectivity index (χ2v) is 5.32. The van der Waals surface area contributed by atoms with Gasteiger partial charge in [0.25, 0.3) is 0 Å². The standard InChI is InChI=1S/C13H20N4S/c1-16-8-5-10(6-9-16)17(2)13-11(12(14)18)4-3-7-15-13/h3-4,7,10H,5-6,8-9H2,1-2H3,(H2,14,18). The number of nitrogens with zero attached hydrogens (tertiary/aromatic N) is 3. The Morgan fingerprint density at radius 1 is 1.50 bits per heavy atom. The van der Waals surface area contributed by atoms with E-state index in [9.17, 15) is 0 Å². The first-order valence-electron chi connectivity index (χ1n) is 6.26. The molecule has 0 saturated carbocycles. The number of pyridine rings is 1. The highest BCUT2D eigenvalue weighted by Crippen LogP contribution is 2.22. The number of rotatable bonds is 3. The Labute approximate surface area is 114 Å². The zero-order valence-corrected chi connectivity index (χ0v) is 11.8. The molecule has 0 radical (unpaired) electrons. The van der Waals surface area contributed by atoms with Gasteiger partial charge in [-0.05, 0) is 45.1 Å². The van der Waals surface area contributed by atoms with Crippen molar-refractivity contribution in [3.05, 3.63) is 23.9 Å². The molecule has 4 nitrogen and oxygen atoms in total. The molecule has 0 aliphatic carbocycles. The fourth-order valence-corrected chi connectivity index (χ4v) is 2.58. The van der Waals surface area contributed by atoms with Crippen LogP contribution in [-0.4, -0.2) is 48.1 Å². The van der Waals surface area contributed by atoms with E-state index >= 15 is 0 Å². The lowest BCUT2D eigenvalue weighted by Gasteiger charge is -2.36. The third kappa shape index (κ3) is 2.79. The van der Waals surface area contributed by atoms with E-state index in [4.69, 9.17) is 18.0 Å².